The van der Waals surface area contributed by atoms with Crippen molar-refractivity contribution in [2.75, 3.05) is 4.90 Å². The highest BCUT2D eigenvalue weighted by Gasteiger charge is 2.79. The maximum Gasteiger partial charge on any atom is 0.259 e. The van der Waals surface area contributed by atoms with E-state index in [0.29, 0.717) is 17.2 Å². The van der Waals surface area contributed by atoms with Crippen molar-refractivity contribution in [3.05, 3.63) is 115 Å². The van der Waals surface area contributed by atoms with Crippen LogP contribution in [0.1, 0.15) is 34.6 Å². The first-order valence-corrected chi connectivity index (χ1v) is 12.4. The Kier molecular flexibility index (Phi) is 5.00. The van der Waals surface area contributed by atoms with Gasteiger partial charge in [0.05, 0.1) is 17.6 Å². The van der Waals surface area contributed by atoms with Gasteiger partial charge in [-0.2, -0.15) is 20.6 Å². The molecule has 0 radical (unpaired) electrons. The van der Waals surface area contributed by atoms with Crippen molar-refractivity contribution in [3.8, 4) is 0 Å². The van der Waals surface area contributed by atoms with Gasteiger partial charge in [0.1, 0.15) is 5.82 Å². The van der Waals surface area contributed by atoms with E-state index in [9.17, 15) is 0 Å². The van der Waals surface area contributed by atoms with Gasteiger partial charge in [-0.05, 0) is 29.5 Å². The first kappa shape index (κ1) is 23.6. The number of rotatable bonds is 7. The van der Waals surface area contributed by atoms with Crippen LogP contribution in [0.5, 0.6) is 0 Å². The van der Waals surface area contributed by atoms with Crippen LogP contribution in [0, 0.1) is 0 Å². The van der Waals surface area contributed by atoms with E-state index in [1.807, 2.05) is 6.07 Å². The molecule has 206 valence electrons. The number of nitrogens with one attached hydrogen (secondary N) is 4. The van der Waals surface area contributed by atoms with Gasteiger partial charge in [-0.1, -0.05) is 6.07 Å². The third-order valence-corrected chi connectivity index (χ3v) is 7.08. The summed E-state index contributed by atoms with van der Waals surface area (Å²) in [4.78, 5) is 24.0. The summed E-state index contributed by atoms with van der Waals surface area (Å²) in [6.45, 7) is 0. The number of hydrogen-bond donors (Lipinski definition) is 4. The normalized spacial score (nSPS) is 23.9. The highest BCUT2D eigenvalue weighted by Crippen LogP contribution is 2.65. The summed E-state index contributed by atoms with van der Waals surface area (Å²) >= 11 is 0. The maximum absolute atomic E-state index is 7.40. The topological polar surface area (TPSA) is 243 Å². The number of aromatic amines is 4. The van der Waals surface area contributed by atoms with E-state index in [4.69, 9.17) is 29.2 Å². The number of H-pyrrole nitrogens is 4. The minimum atomic E-state index is -1.90. The number of hydrogen-bond acceptors (Lipinski definition) is 15. The van der Waals surface area contributed by atoms with Gasteiger partial charge in [-0.3, -0.25) is 15.0 Å². The lowest BCUT2D eigenvalue weighted by Gasteiger charge is -2.44. The molecule has 4 N–H and O–H groups in total. The Bertz CT molecular complexity index is 1830. The molecule has 7 aromatic heterocycles. The second-order valence-electron chi connectivity index (χ2n) is 9.02. The molecule has 7 aromatic rings. The van der Waals surface area contributed by atoms with E-state index in [2.05, 4.69) is 61.6 Å². The fraction of sp³-hybridized carbons (Fsp3) is 0.130. The summed E-state index contributed by atoms with van der Waals surface area (Å²) in [7, 11) is 0. The number of pyridine rings is 1. The summed E-state index contributed by atoms with van der Waals surface area (Å²) in [5, 5.41) is 41.9. The molecule has 1 fully saturated rings. The van der Waals surface area contributed by atoms with Gasteiger partial charge in [0.2, 0.25) is 11.4 Å². The van der Waals surface area contributed by atoms with Crippen molar-refractivity contribution in [1.82, 2.24) is 81.5 Å². The highest BCUT2D eigenvalue weighted by atomic mass is 16.6. The lowest BCUT2D eigenvalue weighted by Crippen LogP contribution is -2.60. The van der Waals surface area contributed by atoms with Crippen LogP contribution in [-0.2, 0) is 21.6 Å². The van der Waals surface area contributed by atoms with Crippen LogP contribution in [0.15, 0.2) is 84.5 Å². The van der Waals surface area contributed by atoms with Crippen LogP contribution in [0.2, 0.25) is 0 Å². The molecule has 42 heavy (non-hydrogen) atoms. The summed E-state index contributed by atoms with van der Waals surface area (Å²) in [5.41, 5.74) is -4.33. The minimum Gasteiger partial charge on any atom is -0.346 e. The third-order valence-electron chi connectivity index (χ3n) is 7.08. The molecule has 3 atom stereocenters. The number of imidazole rings is 1. The van der Waals surface area contributed by atoms with Crippen molar-refractivity contribution in [3.63, 3.8) is 0 Å². The van der Waals surface area contributed by atoms with E-state index in [1.165, 1.54) is 12.5 Å². The van der Waals surface area contributed by atoms with Crippen LogP contribution in [0.25, 0.3) is 0 Å². The molecule has 1 aliphatic rings. The number of ether oxygens (including phenoxy) is 1. The molecule has 0 saturated carbocycles. The van der Waals surface area contributed by atoms with Gasteiger partial charge in [-0.15, -0.1) is 20.4 Å². The Morgan fingerprint density at radius 3 is 2.38 bits per heavy atom. The quantitative estimate of drug-likeness (QED) is 0.199. The van der Waals surface area contributed by atoms with Crippen LogP contribution in [0.4, 0.5) is 5.82 Å². The smallest absolute Gasteiger partial charge is 0.259 e. The summed E-state index contributed by atoms with van der Waals surface area (Å²) in [6.07, 6.45) is 12.5. The van der Waals surface area contributed by atoms with Gasteiger partial charge in [0, 0.05) is 42.5 Å². The van der Waals surface area contributed by atoms with Crippen LogP contribution < -0.4 is 4.90 Å². The fourth-order valence-electron chi connectivity index (χ4n) is 5.65. The zero-order chi connectivity index (χ0) is 28.0. The molecule has 3 unspecified atom stereocenters. The molecule has 0 aromatic carbocycles. The zero-order valence-corrected chi connectivity index (χ0v) is 21.1. The molecule has 0 bridgehead atoms. The zero-order valence-electron chi connectivity index (χ0n) is 21.1. The highest BCUT2D eigenvalue weighted by molar-refractivity contribution is 5.62. The predicted octanol–water partition coefficient (Wildman–Crippen LogP) is -0.0425. The maximum atomic E-state index is 7.40. The average molecular weight is 564 g/mol. The Morgan fingerprint density at radius 1 is 0.786 bits per heavy atom. The molecule has 1 saturated heterocycles. The van der Waals surface area contributed by atoms with E-state index in [-0.39, 0.29) is 23.2 Å². The van der Waals surface area contributed by atoms with Crippen LogP contribution in [-0.4, -0.2) is 81.5 Å². The number of anilines is 1. The molecule has 8 rings (SSSR count). The first-order chi connectivity index (χ1) is 20.8. The Hall–Kier alpha value is -6.24. The molecule has 0 amide bonds. The second kappa shape index (κ2) is 8.89. The Morgan fingerprint density at radius 2 is 1.71 bits per heavy atom. The molecule has 1 aliphatic heterocycles. The van der Waals surface area contributed by atoms with Crippen LogP contribution >= 0.6 is 0 Å². The molecule has 0 aliphatic carbocycles. The molecule has 8 heterocycles. The van der Waals surface area contributed by atoms with E-state index >= 15 is 0 Å². The van der Waals surface area contributed by atoms with Crippen molar-refractivity contribution in [2.24, 2.45) is 0 Å². The lowest BCUT2D eigenvalue weighted by molar-refractivity contribution is -0.0931. The minimum absolute atomic E-state index is 0.0189. The monoisotopic (exact) mass is 563 g/mol. The number of aromatic nitrogens is 16. The molecule has 19 nitrogen and oxygen atoms in total. The van der Waals surface area contributed by atoms with Crippen molar-refractivity contribution in [2.45, 2.75) is 16.9 Å². The van der Waals surface area contributed by atoms with E-state index in [0.717, 1.165) is 0 Å². The Labute approximate surface area is 233 Å². The second-order valence-corrected chi connectivity index (χ2v) is 9.02. The molecular weight excluding hydrogens is 546 g/mol. The summed E-state index contributed by atoms with van der Waals surface area (Å²) in [6, 6.07) is 8.87. The van der Waals surface area contributed by atoms with Crippen LogP contribution in [0.3, 0.4) is 0 Å². The third kappa shape index (κ3) is 2.90. The van der Waals surface area contributed by atoms with Gasteiger partial charge in [-0.25, -0.2) is 15.0 Å². The van der Waals surface area contributed by atoms with Gasteiger partial charge in [0.15, 0.2) is 29.1 Å². The lowest BCUT2D eigenvalue weighted by atomic mass is 9.72. The molecule has 19 heteroatoms. The van der Waals surface area contributed by atoms with Gasteiger partial charge in [0.25, 0.3) is 5.72 Å². The number of tetrazole rings is 1. The van der Waals surface area contributed by atoms with Crippen molar-refractivity contribution < 1.29 is 9.26 Å². The largest absolute Gasteiger partial charge is 0.346 e. The predicted molar refractivity (Wildman–Crippen MR) is 134 cm³/mol. The standard InChI is InChI=1S/C23H17N17O2/c1-2-6-24-15(4-1)22(19-27-10-11-28-19)21(14-5-9-29-31-14,18-25-7-3-8-26-18)40(17-12-30-36-33-17)23(42-22,16-13-41-39-32-16)20-34-37-38-35-20/h1-13H,(H,27,28)(H,29,31)(H,30,33,36)(H,34,35,37,38). The van der Waals surface area contributed by atoms with Gasteiger partial charge < -0.3 is 14.2 Å². The van der Waals surface area contributed by atoms with E-state index < -0.39 is 16.9 Å². The van der Waals surface area contributed by atoms with E-state index in [1.54, 1.807) is 66.3 Å². The van der Waals surface area contributed by atoms with Gasteiger partial charge >= 0.3 is 0 Å². The summed E-state index contributed by atoms with van der Waals surface area (Å²) < 4.78 is 12.7. The fourth-order valence-corrected chi connectivity index (χ4v) is 5.65. The van der Waals surface area contributed by atoms with Crippen molar-refractivity contribution in [1.29, 1.82) is 0 Å². The first-order valence-electron chi connectivity index (χ1n) is 12.4. The number of nitrogens with zero attached hydrogens (tertiary/aromatic N) is 13. The molecule has 0 spiro atoms. The summed E-state index contributed by atoms with van der Waals surface area (Å²) in [5.74, 6) is 0.819. The average Bonchev–Trinajstić information content (AvgIpc) is 3.88. The SMILES string of the molecule is c1ccc(C2(c3ncc[nH]3)OC(c3conn3)(c3nn[nH]n3)N(c3cn[nH]n3)C2(c2ncccn2)c2ccn[nH]2)nc1. The van der Waals surface area contributed by atoms with Crippen molar-refractivity contribution >= 4 is 5.82 Å². The molecular formula is C23H17N17O2. The Balaban J connectivity index is 1.65.